The highest BCUT2D eigenvalue weighted by Gasteiger charge is 2.21. The SMILES string of the molecule is CC(C)(C)OC(=O)N(CCO)CCCCCNc1ncnc2cc(Cl)ccc12. The molecule has 28 heavy (non-hydrogen) atoms. The molecule has 154 valence electrons. The predicted octanol–water partition coefficient (Wildman–Crippen LogP) is 4.09. The van der Waals surface area contributed by atoms with Crippen molar-refractivity contribution in [1.29, 1.82) is 0 Å². The molecule has 8 heteroatoms. The quantitative estimate of drug-likeness (QED) is 0.607. The Balaban J connectivity index is 1.76. The van der Waals surface area contributed by atoms with E-state index in [1.54, 1.807) is 4.90 Å². The van der Waals surface area contributed by atoms with Crippen LogP contribution in [0.15, 0.2) is 24.5 Å². The van der Waals surface area contributed by atoms with Gasteiger partial charge >= 0.3 is 6.09 Å². The molecule has 0 saturated carbocycles. The van der Waals surface area contributed by atoms with Gasteiger partial charge in [0.1, 0.15) is 17.7 Å². The molecular weight excluding hydrogens is 380 g/mol. The lowest BCUT2D eigenvalue weighted by molar-refractivity contribution is 0.0216. The van der Waals surface area contributed by atoms with Crippen LogP contribution in [0, 0.1) is 0 Å². The number of carbonyl (C=O) groups is 1. The number of aromatic nitrogens is 2. The molecule has 1 amide bonds. The molecule has 1 aromatic heterocycles. The number of hydrogen-bond donors (Lipinski definition) is 2. The maximum absolute atomic E-state index is 12.2. The number of carbonyl (C=O) groups excluding carboxylic acids is 1. The number of hydrogen-bond acceptors (Lipinski definition) is 6. The van der Waals surface area contributed by atoms with E-state index in [-0.39, 0.29) is 19.2 Å². The summed E-state index contributed by atoms with van der Waals surface area (Å²) in [5, 5.41) is 14.1. The Kier molecular flexibility index (Phi) is 8.26. The minimum absolute atomic E-state index is 0.0778. The summed E-state index contributed by atoms with van der Waals surface area (Å²) in [4.78, 5) is 22.3. The highest BCUT2D eigenvalue weighted by Crippen LogP contribution is 2.22. The lowest BCUT2D eigenvalue weighted by Crippen LogP contribution is -2.39. The molecular formula is C20H29ClN4O3. The van der Waals surface area contributed by atoms with E-state index in [1.807, 2.05) is 39.0 Å². The van der Waals surface area contributed by atoms with E-state index in [0.717, 1.165) is 42.5 Å². The van der Waals surface area contributed by atoms with E-state index in [0.29, 0.717) is 11.6 Å². The molecule has 0 spiro atoms. The largest absolute Gasteiger partial charge is 0.444 e. The number of unbranched alkanes of at least 4 members (excludes halogenated alkanes) is 2. The molecule has 0 saturated heterocycles. The summed E-state index contributed by atoms with van der Waals surface area (Å²) >= 11 is 6.00. The molecule has 0 radical (unpaired) electrons. The van der Waals surface area contributed by atoms with Crippen LogP contribution in [0.3, 0.4) is 0 Å². The second-order valence-corrected chi connectivity index (χ2v) is 8.00. The zero-order valence-electron chi connectivity index (χ0n) is 16.7. The number of aliphatic hydroxyl groups is 1. The predicted molar refractivity (Wildman–Crippen MR) is 112 cm³/mol. The molecule has 7 nitrogen and oxygen atoms in total. The number of fused-ring (bicyclic) bond motifs is 1. The van der Waals surface area contributed by atoms with Gasteiger partial charge in [-0.05, 0) is 58.2 Å². The van der Waals surface area contributed by atoms with Crippen LogP contribution in [0.4, 0.5) is 10.6 Å². The Bertz CT molecular complexity index is 780. The summed E-state index contributed by atoms with van der Waals surface area (Å²) < 4.78 is 5.38. The Morgan fingerprint density at radius 2 is 2.00 bits per heavy atom. The van der Waals surface area contributed by atoms with Gasteiger partial charge in [-0.1, -0.05) is 11.6 Å². The first-order valence-corrected chi connectivity index (χ1v) is 9.91. The summed E-state index contributed by atoms with van der Waals surface area (Å²) in [6, 6.07) is 5.55. The van der Waals surface area contributed by atoms with Crippen LogP contribution in [0.2, 0.25) is 5.02 Å². The fraction of sp³-hybridized carbons (Fsp3) is 0.550. The normalized spacial score (nSPS) is 11.5. The van der Waals surface area contributed by atoms with E-state index in [2.05, 4.69) is 15.3 Å². The third-order valence-corrected chi connectivity index (χ3v) is 4.25. The fourth-order valence-electron chi connectivity index (χ4n) is 2.72. The number of amides is 1. The summed E-state index contributed by atoms with van der Waals surface area (Å²) in [6.45, 7) is 7.02. The zero-order chi connectivity index (χ0) is 20.6. The van der Waals surface area contributed by atoms with Gasteiger partial charge in [-0.2, -0.15) is 0 Å². The van der Waals surface area contributed by atoms with E-state index in [4.69, 9.17) is 16.3 Å². The van der Waals surface area contributed by atoms with Crippen molar-refractivity contribution in [1.82, 2.24) is 14.9 Å². The lowest BCUT2D eigenvalue weighted by Gasteiger charge is -2.27. The molecule has 1 aromatic carbocycles. The Morgan fingerprint density at radius 1 is 1.21 bits per heavy atom. The molecule has 0 atom stereocenters. The van der Waals surface area contributed by atoms with Crippen molar-refractivity contribution in [3.05, 3.63) is 29.5 Å². The van der Waals surface area contributed by atoms with E-state index < -0.39 is 5.60 Å². The average Bonchev–Trinajstić information content (AvgIpc) is 2.61. The average molecular weight is 409 g/mol. The van der Waals surface area contributed by atoms with Gasteiger partial charge in [-0.15, -0.1) is 0 Å². The summed E-state index contributed by atoms with van der Waals surface area (Å²) in [5.74, 6) is 0.789. The smallest absolute Gasteiger partial charge is 0.410 e. The van der Waals surface area contributed by atoms with Crippen LogP contribution in [0.5, 0.6) is 0 Å². The molecule has 0 unspecified atom stereocenters. The van der Waals surface area contributed by atoms with Crippen LogP contribution >= 0.6 is 11.6 Å². The molecule has 0 bridgehead atoms. The van der Waals surface area contributed by atoms with Crippen LogP contribution in [0.1, 0.15) is 40.0 Å². The minimum atomic E-state index is -0.542. The number of anilines is 1. The molecule has 0 fully saturated rings. The van der Waals surface area contributed by atoms with Crippen molar-refractivity contribution in [2.75, 3.05) is 31.6 Å². The first kappa shape index (κ1) is 22.2. The van der Waals surface area contributed by atoms with Crippen molar-refractivity contribution in [2.45, 2.75) is 45.6 Å². The minimum Gasteiger partial charge on any atom is -0.444 e. The number of halogens is 1. The first-order chi connectivity index (χ1) is 13.3. The maximum atomic E-state index is 12.2. The van der Waals surface area contributed by atoms with E-state index in [1.165, 1.54) is 6.33 Å². The molecule has 2 N–H and O–H groups in total. The molecule has 2 aromatic rings. The number of benzene rings is 1. The third kappa shape index (κ3) is 7.13. The van der Waals surface area contributed by atoms with Gasteiger partial charge < -0.3 is 20.1 Å². The standard InChI is InChI=1S/C20H29ClN4O3/c1-20(2,3)28-19(27)25(11-12-26)10-6-4-5-9-22-18-16-8-7-15(21)13-17(16)23-14-24-18/h7-8,13-14,26H,4-6,9-12H2,1-3H3,(H,22,23,24). The van der Waals surface area contributed by atoms with Gasteiger partial charge in [0.25, 0.3) is 0 Å². The topological polar surface area (TPSA) is 87.6 Å². The second kappa shape index (κ2) is 10.4. The third-order valence-electron chi connectivity index (χ3n) is 4.02. The molecule has 1 heterocycles. The van der Waals surface area contributed by atoms with Crippen molar-refractivity contribution in [3.8, 4) is 0 Å². The van der Waals surface area contributed by atoms with Crippen LogP contribution in [-0.4, -0.2) is 57.9 Å². The summed E-state index contributed by atoms with van der Waals surface area (Å²) in [7, 11) is 0. The van der Waals surface area contributed by atoms with Gasteiger partial charge in [0, 0.05) is 30.0 Å². The van der Waals surface area contributed by atoms with Gasteiger partial charge in [0.05, 0.1) is 12.1 Å². The van der Waals surface area contributed by atoms with Gasteiger partial charge in [-0.25, -0.2) is 14.8 Å². The monoisotopic (exact) mass is 408 g/mol. The second-order valence-electron chi connectivity index (χ2n) is 7.56. The van der Waals surface area contributed by atoms with Crippen molar-refractivity contribution in [2.24, 2.45) is 0 Å². The number of rotatable bonds is 9. The number of ether oxygens (including phenoxy) is 1. The van der Waals surface area contributed by atoms with Crippen LogP contribution in [-0.2, 0) is 4.74 Å². The highest BCUT2D eigenvalue weighted by molar-refractivity contribution is 6.31. The number of nitrogens with one attached hydrogen (secondary N) is 1. The van der Waals surface area contributed by atoms with Gasteiger partial charge in [0.15, 0.2) is 0 Å². The first-order valence-electron chi connectivity index (χ1n) is 9.53. The van der Waals surface area contributed by atoms with Gasteiger partial charge in [-0.3, -0.25) is 0 Å². The lowest BCUT2D eigenvalue weighted by atomic mass is 10.2. The molecule has 0 aliphatic heterocycles. The maximum Gasteiger partial charge on any atom is 0.410 e. The fourth-order valence-corrected chi connectivity index (χ4v) is 2.89. The molecule has 0 aliphatic carbocycles. The molecule has 0 aliphatic rings. The Morgan fingerprint density at radius 3 is 2.71 bits per heavy atom. The van der Waals surface area contributed by atoms with E-state index >= 15 is 0 Å². The van der Waals surface area contributed by atoms with Gasteiger partial charge in [0.2, 0.25) is 0 Å². The summed E-state index contributed by atoms with van der Waals surface area (Å²) in [6.07, 6.45) is 3.84. The van der Waals surface area contributed by atoms with Crippen molar-refractivity contribution >= 4 is 34.4 Å². The van der Waals surface area contributed by atoms with Crippen molar-refractivity contribution < 1.29 is 14.6 Å². The van der Waals surface area contributed by atoms with E-state index in [9.17, 15) is 9.90 Å². The number of nitrogens with zero attached hydrogens (tertiary/aromatic N) is 3. The van der Waals surface area contributed by atoms with Crippen molar-refractivity contribution in [3.63, 3.8) is 0 Å². The Labute approximate surface area is 171 Å². The Hall–Kier alpha value is -2.12. The zero-order valence-corrected chi connectivity index (χ0v) is 17.5. The summed E-state index contributed by atoms with van der Waals surface area (Å²) in [5.41, 5.74) is 0.265. The molecule has 2 rings (SSSR count). The number of aliphatic hydroxyl groups excluding tert-OH is 1. The van der Waals surface area contributed by atoms with Crippen LogP contribution < -0.4 is 5.32 Å². The highest BCUT2D eigenvalue weighted by atomic mass is 35.5. The van der Waals surface area contributed by atoms with Crippen LogP contribution in [0.25, 0.3) is 10.9 Å².